The fraction of sp³-hybridized carbons (Fsp3) is 0.321. The molecule has 2 aromatic heterocycles. The molecule has 0 spiro atoms. The second-order valence-corrected chi connectivity index (χ2v) is 12.2. The smallest absolute Gasteiger partial charge is 0.307 e. The molecule has 0 unspecified atom stereocenters. The molecule has 13 heteroatoms. The number of piperidine rings is 1. The lowest BCUT2D eigenvalue weighted by molar-refractivity contribution is -0.139. The molecule has 2 aromatic carbocycles. The summed E-state index contributed by atoms with van der Waals surface area (Å²) >= 11 is 0. The average molecular weight is 587 g/mol. The van der Waals surface area contributed by atoms with E-state index >= 15 is 0 Å². The quantitative estimate of drug-likeness (QED) is 0.354. The van der Waals surface area contributed by atoms with Crippen LogP contribution in [-0.2, 0) is 23.2 Å². The predicted octanol–water partition coefficient (Wildman–Crippen LogP) is 4.62. The minimum Gasteiger partial charge on any atom is -0.307 e. The van der Waals surface area contributed by atoms with Gasteiger partial charge in [-0.05, 0) is 68.2 Å². The number of hydrogen-bond acceptors (Lipinski definition) is 6. The van der Waals surface area contributed by atoms with Crippen LogP contribution in [0.1, 0.15) is 28.8 Å². The van der Waals surface area contributed by atoms with Crippen molar-refractivity contribution in [2.24, 2.45) is 7.05 Å². The number of nitrogens with one attached hydrogen (secondary N) is 1. The summed E-state index contributed by atoms with van der Waals surface area (Å²) in [5, 5.41) is 8.35. The molecule has 3 heterocycles. The molecule has 1 saturated heterocycles. The molecule has 0 aliphatic carbocycles. The number of benzene rings is 2. The fourth-order valence-electron chi connectivity index (χ4n) is 5.00. The lowest BCUT2D eigenvalue weighted by Crippen LogP contribution is -2.44. The molecule has 4 aromatic rings. The van der Waals surface area contributed by atoms with Crippen molar-refractivity contribution in [3.05, 3.63) is 72.2 Å². The molecule has 1 aliphatic heterocycles. The highest BCUT2D eigenvalue weighted by molar-refractivity contribution is 7.89. The number of hydrogen-bond donors (Lipinski definition) is 1. The zero-order valence-corrected chi connectivity index (χ0v) is 23.5. The van der Waals surface area contributed by atoms with E-state index in [4.69, 9.17) is 0 Å². The van der Waals surface area contributed by atoms with Crippen molar-refractivity contribution in [1.82, 2.24) is 24.0 Å². The average Bonchev–Trinajstić information content (AvgIpc) is 3.38. The van der Waals surface area contributed by atoms with Gasteiger partial charge >= 0.3 is 6.18 Å². The van der Waals surface area contributed by atoms with Crippen molar-refractivity contribution in [2.45, 2.75) is 30.0 Å². The van der Waals surface area contributed by atoms with Crippen molar-refractivity contribution in [1.29, 1.82) is 0 Å². The summed E-state index contributed by atoms with van der Waals surface area (Å²) in [6.07, 6.45) is 1.22. The van der Waals surface area contributed by atoms with Crippen molar-refractivity contribution in [3.8, 4) is 11.1 Å². The molecule has 9 nitrogen and oxygen atoms in total. The maximum Gasteiger partial charge on any atom is 0.417 e. The van der Waals surface area contributed by atoms with E-state index in [1.807, 2.05) is 50.4 Å². The van der Waals surface area contributed by atoms with Gasteiger partial charge in [0.05, 0.1) is 16.7 Å². The molecular formula is C28H29F3N6O3S. The molecule has 0 saturated carbocycles. The first-order chi connectivity index (χ1) is 19.3. The van der Waals surface area contributed by atoms with Gasteiger partial charge in [0.15, 0.2) is 0 Å². The number of halogens is 3. The van der Waals surface area contributed by atoms with E-state index in [1.54, 1.807) is 23.1 Å². The third-order valence-electron chi connectivity index (χ3n) is 7.32. The largest absolute Gasteiger partial charge is 0.417 e. The minimum atomic E-state index is -4.93. The Morgan fingerprint density at radius 1 is 1.00 bits per heavy atom. The Balaban J connectivity index is 1.43. The van der Waals surface area contributed by atoms with E-state index in [0.29, 0.717) is 18.9 Å². The van der Waals surface area contributed by atoms with Crippen LogP contribution in [0.3, 0.4) is 0 Å². The number of anilines is 1. The maximum absolute atomic E-state index is 13.9. The number of aryl methyl sites for hydroxylation is 1. The third-order valence-corrected chi connectivity index (χ3v) is 9.26. The van der Waals surface area contributed by atoms with E-state index in [0.717, 1.165) is 38.3 Å². The van der Waals surface area contributed by atoms with Gasteiger partial charge < -0.3 is 10.2 Å². The molecule has 0 bridgehead atoms. The number of sulfonamides is 1. The summed E-state index contributed by atoms with van der Waals surface area (Å²) in [5.41, 5.74) is 0.267. The molecule has 41 heavy (non-hydrogen) atoms. The molecule has 216 valence electrons. The van der Waals surface area contributed by atoms with Gasteiger partial charge in [-0.1, -0.05) is 12.1 Å². The van der Waals surface area contributed by atoms with Crippen molar-refractivity contribution in [2.75, 3.05) is 32.5 Å². The van der Waals surface area contributed by atoms with Gasteiger partial charge in [-0.3, -0.25) is 9.48 Å². The van der Waals surface area contributed by atoms with E-state index < -0.39 is 32.6 Å². The summed E-state index contributed by atoms with van der Waals surface area (Å²) < 4.78 is 71.3. The van der Waals surface area contributed by atoms with Crippen LogP contribution in [0.25, 0.3) is 21.9 Å². The number of amides is 1. The van der Waals surface area contributed by atoms with E-state index in [2.05, 4.69) is 15.4 Å². The van der Waals surface area contributed by atoms with Gasteiger partial charge in [0.1, 0.15) is 5.82 Å². The van der Waals surface area contributed by atoms with E-state index in [9.17, 15) is 26.4 Å². The molecular weight excluding hydrogens is 557 g/mol. The first-order valence-electron chi connectivity index (χ1n) is 12.9. The van der Waals surface area contributed by atoms with Crippen LogP contribution in [-0.4, -0.2) is 71.5 Å². The Hall–Kier alpha value is -3.81. The van der Waals surface area contributed by atoms with Crippen LogP contribution in [0, 0.1) is 0 Å². The molecule has 0 atom stereocenters. The Labute approximate surface area is 235 Å². The van der Waals surface area contributed by atoms with Crippen LogP contribution in [0.15, 0.2) is 66.0 Å². The van der Waals surface area contributed by atoms with Crippen LogP contribution < -0.4 is 5.32 Å². The topological polar surface area (TPSA) is 100 Å². The number of carbonyl (C=O) groups excluding carboxylic acids is 1. The first-order valence-corrected chi connectivity index (χ1v) is 14.3. The highest BCUT2D eigenvalue weighted by Gasteiger charge is 2.40. The molecule has 1 amide bonds. The number of fused-ring (bicyclic) bond motifs is 1. The molecule has 5 rings (SSSR count). The Kier molecular flexibility index (Phi) is 7.62. The molecule has 1 N–H and O–H groups in total. The number of nitrogens with zero attached hydrogens (tertiary/aromatic N) is 5. The molecule has 0 radical (unpaired) electrons. The van der Waals surface area contributed by atoms with Crippen LogP contribution in [0.4, 0.5) is 19.0 Å². The van der Waals surface area contributed by atoms with Gasteiger partial charge in [0.2, 0.25) is 10.0 Å². The van der Waals surface area contributed by atoms with Crippen molar-refractivity contribution >= 4 is 32.5 Å². The number of carbonyl (C=O) groups is 1. The van der Waals surface area contributed by atoms with Crippen molar-refractivity contribution in [3.63, 3.8) is 0 Å². The highest BCUT2D eigenvalue weighted by atomic mass is 32.2. The molecule has 1 fully saturated rings. The maximum atomic E-state index is 13.9. The monoisotopic (exact) mass is 586 g/mol. The van der Waals surface area contributed by atoms with E-state index in [-0.39, 0.29) is 30.5 Å². The number of aromatic nitrogens is 3. The number of pyridine rings is 1. The normalized spacial score (nSPS) is 15.5. The predicted molar refractivity (Wildman–Crippen MR) is 149 cm³/mol. The number of alkyl halides is 3. The summed E-state index contributed by atoms with van der Waals surface area (Å²) in [4.78, 5) is 18.4. The van der Waals surface area contributed by atoms with Crippen LogP contribution in [0.2, 0.25) is 0 Å². The van der Waals surface area contributed by atoms with Crippen LogP contribution >= 0.6 is 0 Å². The summed E-state index contributed by atoms with van der Waals surface area (Å²) in [6.45, 7) is 0.169. The van der Waals surface area contributed by atoms with Crippen LogP contribution in [0.5, 0.6) is 0 Å². The standard InChI is InChI=1S/C28H29F3N6O3S/c1-35(2)23-8-10-37(11-9-23)41(39,40)25-13-19(6-7-24(25)28(29,30)31)27(38)34-26-14-21-12-18(4-5-20(21)15-32-26)22-16-33-36(3)17-22/h4-7,12-17,23H,8-11H2,1-3H3,(H,32,34,38). The Morgan fingerprint density at radius 2 is 1.73 bits per heavy atom. The van der Waals surface area contributed by atoms with Crippen molar-refractivity contribution < 1.29 is 26.4 Å². The second kappa shape index (κ2) is 10.9. The summed E-state index contributed by atoms with van der Waals surface area (Å²) in [5.74, 6) is -0.613. The summed E-state index contributed by atoms with van der Waals surface area (Å²) in [6, 6.07) is 9.90. The Morgan fingerprint density at radius 3 is 2.37 bits per heavy atom. The van der Waals surface area contributed by atoms with Gasteiger partial charge in [0.25, 0.3) is 5.91 Å². The molecule has 1 aliphatic rings. The number of rotatable bonds is 6. The Bertz CT molecular complexity index is 1710. The fourth-order valence-corrected chi connectivity index (χ4v) is 6.70. The lowest BCUT2D eigenvalue weighted by atomic mass is 10.0. The first kappa shape index (κ1) is 28.7. The zero-order valence-electron chi connectivity index (χ0n) is 22.7. The summed E-state index contributed by atoms with van der Waals surface area (Å²) in [7, 11) is 1.05. The SMILES string of the molecule is CN(C)C1CCN(S(=O)(=O)c2cc(C(=O)Nc3cc4cc(-c5cnn(C)c5)ccc4cn3)ccc2C(F)(F)F)CC1. The third kappa shape index (κ3) is 5.97. The van der Waals surface area contributed by atoms with Gasteiger partial charge in [0, 0.05) is 55.1 Å². The zero-order chi connectivity index (χ0) is 29.5. The highest BCUT2D eigenvalue weighted by Crippen LogP contribution is 2.37. The van der Waals surface area contributed by atoms with Gasteiger partial charge in [-0.15, -0.1) is 0 Å². The minimum absolute atomic E-state index is 0.0843. The van der Waals surface area contributed by atoms with E-state index in [1.165, 1.54) is 0 Å². The van der Waals surface area contributed by atoms with Gasteiger partial charge in [-0.25, -0.2) is 13.4 Å². The second-order valence-electron chi connectivity index (χ2n) is 10.3. The van der Waals surface area contributed by atoms with Gasteiger partial charge in [-0.2, -0.15) is 22.6 Å². The lowest BCUT2D eigenvalue weighted by Gasteiger charge is -2.34.